The first-order valence-electron chi connectivity index (χ1n) is 19.9. The van der Waals surface area contributed by atoms with Gasteiger partial charge in [-0.25, -0.2) is 15.0 Å². The summed E-state index contributed by atoms with van der Waals surface area (Å²) < 4.78 is 2.38. The Morgan fingerprint density at radius 3 is 1.42 bits per heavy atom. The van der Waals surface area contributed by atoms with Crippen LogP contribution in [0.3, 0.4) is 0 Å². The number of hydrogen-bond acceptors (Lipinski definition) is 3. The molecule has 0 bridgehead atoms. The van der Waals surface area contributed by atoms with E-state index < -0.39 is 0 Å². The monoisotopic (exact) mass is 752 g/mol. The number of benzene rings is 9. The average Bonchev–Trinajstić information content (AvgIpc) is 3.66. The van der Waals surface area contributed by atoms with Gasteiger partial charge in [0.15, 0.2) is 17.5 Å². The Kier molecular flexibility index (Phi) is 8.45. The van der Waals surface area contributed by atoms with E-state index in [1.54, 1.807) is 0 Å². The van der Waals surface area contributed by atoms with Gasteiger partial charge in [-0.1, -0.05) is 188 Å². The predicted molar refractivity (Wildman–Crippen MR) is 244 cm³/mol. The minimum Gasteiger partial charge on any atom is -0.309 e. The molecule has 0 atom stereocenters. The van der Waals surface area contributed by atoms with Crippen molar-refractivity contribution in [2.24, 2.45) is 0 Å². The molecule has 59 heavy (non-hydrogen) atoms. The Bertz CT molecular complexity index is 3260. The Balaban J connectivity index is 1.10. The Labute approximate surface area is 342 Å². The van der Waals surface area contributed by atoms with E-state index in [4.69, 9.17) is 15.0 Å². The van der Waals surface area contributed by atoms with E-state index >= 15 is 0 Å². The Morgan fingerprint density at radius 2 is 0.729 bits per heavy atom. The van der Waals surface area contributed by atoms with Crippen LogP contribution in [0, 0.1) is 0 Å². The third kappa shape index (κ3) is 6.34. The molecule has 0 N–H and O–H groups in total. The summed E-state index contributed by atoms with van der Waals surface area (Å²) in [6.07, 6.45) is 0. The van der Waals surface area contributed by atoms with E-state index in [1.807, 2.05) is 6.07 Å². The fraction of sp³-hybridized carbons (Fsp3) is 0. The molecule has 0 aliphatic heterocycles. The number of fused-ring (bicyclic) bond motifs is 4. The average molecular weight is 753 g/mol. The quantitative estimate of drug-likeness (QED) is 0.163. The minimum absolute atomic E-state index is 0.607. The second-order valence-electron chi connectivity index (χ2n) is 14.9. The molecular formula is C55H36N4. The van der Waals surface area contributed by atoms with Crippen LogP contribution < -0.4 is 0 Å². The molecule has 2 heterocycles. The summed E-state index contributed by atoms with van der Waals surface area (Å²) in [5.41, 5.74) is 12.9. The minimum atomic E-state index is 0.607. The van der Waals surface area contributed by atoms with Crippen molar-refractivity contribution in [2.75, 3.05) is 0 Å². The largest absolute Gasteiger partial charge is 0.309 e. The van der Waals surface area contributed by atoms with Crippen LogP contribution in [0.15, 0.2) is 218 Å². The molecule has 11 rings (SSSR count). The zero-order valence-electron chi connectivity index (χ0n) is 32.1. The van der Waals surface area contributed by atoms with E-state index in [-0.39, 0.29) is 0 Å². The third-order valence-corrected chi connectivity index (χ3v) is 11.3. The van der Waals surface area contributed by atoms with Crippen LogP contribution in [0.5, 0.6) is 0 Å². The standard InChI is InChI=1S/C55H36N4/c1-3-14-37(15-4-1)43-20-13-21-45(35-43)54-56-53(41-29-26-39(27-30-41)44-31-28-38-16-7-8-19-42(38)34-44)57-55(58-54)46-32-33-47(40-17-5-2-6-18-40)52(36-46)59-50-24-11-9-22-48(50)49-23-10-12-25-51(49)59/h1-36H. The van der Waals surface area contributed by atoms with E-state index in [1.165, 1.54) is 27.1 Å². The van der Waals surface area contributed by atoms with E-state index in [0.717, 1.165) is 61.2 Å². The molecule has 4 nitrogen and oxygen atoms in total. The summed E-state index contributed by atoms with van der Waals surface area (Å²) >= 11 is 0. The van der Waals surface area contributed by atoms with Gasteiger partial charge < -0.3 is 4.57 Å². The highest BCUT2D eigenvalue weighted by Crippen LogP contribution is 2.38. The summed E-state index contributed by atoms with van der Waals surface area (Å²) in [5.74, 6) is 1.84. The zero-order valence-corrected chi connectivity index (χ0v) is 32.1. The van der Waals surface area contributed by atoms with Crippen molar-refractivity contribution in [3.8, 4) is 73.2 Å². The van der Waals surface area contributed by atoms with Crippen molar-refractivity contribution in [3.63, 3.8) is 0 Å². The van der Waals surface area contributed by atoms with Crippen LogP contribution in [0.4, 0.5) is 0 Å². The lowest BCUT2D eigenvalue weighted by atomic mass is 10.00. The summed E-state index contributed by atoms with van der Waals surface area (Å²) in [6.45, 7) is 0. The van der Waals surface area contributed by atoms with Gasteiger partial charge in [-0.15, -0.1) is 0 Å². The number of aromatic nitrogens is 4. The molecule has 11 aromatic rings. The van der Waals surface area contributed by atoms with E-state index in [2.05, 4.69) is 217 Å². The maximum absolute atomic E-state index is 5.25. The first-order chi connectivity index (χ1) is 29.2. The van der Waals surface area contributed by atoms with E-state index in [9.17, 15) is 0 Å². The maximum Gasteiger partial charge on any atom is 0.164 e. The summed E-state index contributed by atoms with van der Waals surface area (Å²) in [5, 5.41) is 4.87. The van der Waals surface area contributed by atoms with Crippen molar-refractivity contribution in [3.05, 3.63) is 218 Å². The van der Waals surface area contributed by atoms with Crippen LogP contribution in [0.1, 0.15) is 0 Å². The second kappa shape index (κ2) is 14.5. The van der Waals surface area contributed by atoms with Crippen LogP contribution in [0.2, 0.25) is 0 Å². The van der Waals surface area contributed by atoms with Crippen molar-refractivity contribution in [1.82, 2.24) is 19.5 Å². The zero-order chi connectivity index (χ0) is 39.1. The number of hydrogen-bond donors (Lipinski definition) is 0. The molecule has 0 saturated heterocycles. The molecule has 0 saturated carbocycles. The third-order valence-electron chi connectivity index (χ3n) is 11.3. The van der Waals surface area contributed by atoms with Gasteiger partial charge in [0.25, 0.3) is 0 Å². The van der Waals surface area contributed by atoms with Crippen molar-refractivity contribution in [2.45, 2.75) is 0 Å². The lowest BCUT2D eigenvalue weighted by Crippen LogP contribution is -2.02. The fourth-order valence-corrected chi connectivity index (χ4v) is 8.31. The number of nitrogens with zero attached hydrogens (tertiary/aromatic N) is 4. The first-order valence-corrected chi connectivity index (χ1v) is 19.9. The molecule has 0 spiro atoms. The van der Waals surface area contributed by atoms with Gasteiger partial charge in [0.2, 0.25) is 0 Å². The number of para-hydroxylation sites is 2. The van der Waals surface area contributed by atoms with Crippen LogP contribution in [-0.2, 0) is 0 Å². The fourth-order valence-electron chi connectivity index (χ4n) is 8.31. The predicted octanol–water partition coefficient (Wildman–Crippen LogP) is 14.1. The van der Waals surface area contributed by atoms with Crippen molar-refractivity contribution in [1.29, 1.82) is 0 Å². The lowest BCUT2D eigenvalue weighted by molar-refractivity contribution is 1.07. The van der Waals surface area contributed by atoms with Gasteiger partial charge in [-0.2, -0.15) is 0 Å². The second-order valence-corrected chi connectivity index (χ2v) is 14.9. The Hall–Kier alpha value is -7.95. The summed E-state index contributed by atoms with van der Waals surface area (Å²) in [7, 11) is 0. The van der Waals surface area contributed by atoms with Crippen molar-refractivity contribution >= 4 is 32.6 Å². The molecule has 0 fully saturated rings. The van der Waals surface area contributed by atoms with Gasteiger partial charge >= 0.3 is 0 Å². The van der Waals surface area contributed by atoms with Gasteiger partial charge in [0.1, 0.15) is 0 Å². The summed E-state index contributed by atoms with van der Waals surface area (Å²) in [6, 6.07) is 77.0. The van der Waals surface area contributed by atoms with Gasteiger partial charge in [0.05, 0.1) is 16.7 Å². The highest BCUT2D eigenvalue weighted by molar-refractivity contribution is 6.10. The SMILES string of the molecule is c1ccc(-c2cccc(-c3nc(-c4ccc(-c5ccc6ccccc6c5)cc4)nc(-c4ccc(-c5ccccc5)c(-n5c6ccccc6c6ccccc65)c4)n3)c2)cc1. The maximum atomic E-state index is 5.25. The summed E-state index contributed by atoms with van der Waals surface area (Å²) in [4.78, 5) is 15.7. The van der Waals surface area contributed by atoms with Gasteiger partial charge in [-0.3, -0.25) is 0 Å². The molecule has 276 valence electrons. The molecule has 0 amide bonds. The molecule has 2 aromatic heterocycles. The normalized spacial score (nSPS) is 11.4. The first kappa shape index (κ1) is 34.3. The van der Waals surface area contributed by atoms with Crippen LogP contribution in [-0.4, -0.2) is 19.5 Å². The lowest BCUT2D eigenvalue weighted by Gasteiger charge is -2.16. The van der Waals surface area contributed by atoms with Gasteiger partial charge in [0, 0.05) is 33.0 Å². The number of rotatable bonds is 7. The highest BCUT2D eigenvalue weighted by Gasteiger charge is 2.19. The topological polar surface area (TPSA) is 43.6 Å². The molecule has 0 unspecified atom stereocenters. The van der Waals surface area contributed by atoms with Gasteiger partial charge in [-0.05, 0) is 68.9 Å². The highest BCUT2D eigenvalue weighted by atomic mass is 15.0. The Morgan fingerprint density at radius 1 is 0.271 bits per heavy atom. The van der Waals surface area contributed by atoms with Crippen LogP contribution in [0.25, 0.3) is 106 Å². The molecular weight excluding hydrogens is 717 g/mol. The molecule has 0 aliphatic rings. The van der Waals surface area contributed by atoms with Crippen molar-refractivity contribution < 1.29 is 0 Å². The smallest absolute Gasteiger partial charge is 0.164 e. The molecule has 0 radical (unpaired) electrons. The molecule has 0 aliphatic carbocycles. The molecule has 9 aromatic carbocycles. The van der Waals surface area contributed by atoms with Crippen LogP contribution >= 0.6 is 0 Å². The molecule has 4 heteroatoms. The van der Waals surface area contributed by atoms with E-state index in [0.29, 0.717) is 17.5 Å².